The van der Waals surface area contributed by atoms with Crippen molar-refractivity contribution in [2.24, 2.45) is 0 Å². The van der Waals surface area contributed by atoms with Gasteiger partial charge in [-0.05, 0) is 41.6 Å². The Morgan fingerprint density at radius 1 is 1.12 bits per heavy atom. The second kappa shape index (κ2) is 6.28. The van der Waals surface area contributed by atoms with E-state index in [2.05, 4.69) is 0 Å². The van der Waals surface area contributed by atoms with Crippen LogP contribution in [0.15, 0.2) is 53.3 Å². The molecule has 0 atom stereocenters. The van der Waals surface area contributed by atoms with Gasteiger partial charge in [0.15, 0.2) is 0 Å². The first-order valence-electron chi connectivity index (χ1n) is 7.64. The van der Waals surface area contributed by atoms with E-state index in [9.17, 15) is 19.1 Å². The minimum absolute atomic E-state index is 0.0995. The first-order chi connectivity index (χ1) is 11.5. The standard InChI is InChI=1S/C19H16FNO3/c1-2-12-9-15(19(23)24)10-13-7-8-17(22)21(18(12)13)11-14-5-3-4-6-16(14)20/h3-10H,2,11H2,1H3,(H,23,24). The smallest absolute Gasteiger partial charge is 0.335 e. The SMILES string of the molecule is CCc1cc(C(=O)O)cc2ccc(=O)n(Cc3ccccc3F)c12. The Morgan fingerprint density at radius 3 is 2.54 bits per heavy atom. The predicted octanol–water partition coefficient (Wildman–Crippen LogP) is 3.45. The normalized spacial score (nSPS) is 10.9. The highest BCUT2D eigenvalue weighted by atomic mass is 19.1. The Bertz CT molecular complexity index is 992. The van der Waals surface area contributed by atoms with Crippen LogP contribution in [0.2, 0.25) is 0 Å². The van der Waals surface area contributed by atoms with Gasteiger partial charge in [-0.15, -0.1) is 0 Å². The van der Waals surface area contributed by atoms with Crippen molar-refractivity contribution < 1.29 is 14.3 Å². The lowest BCUT2D eigenvalue weighted by Crippen LogP contribution is -2.21. The van der Waals surface area contributed by atoms with Crippen LogP contribution in [-0.4, -0.2) is 15.6 Å². The number of aromatic nitrogens is 1. The van der Waals surface area contributed by atoms with E-state index < -0.39 is 5.97 Å². The van der Waals surface area contributed by atoms with Gasteiger partial charge in [0.05, 0.1) is 17.6 Å². The Morgan fingerprint density at radius 2 is 1.88 bits per heavy atom. The third-order valence-electron chi connectivity index (χ3n) is 4.07. The molecule has 0 unspecified atom stereocenters. The summed E-state index contributed by atoms with van der Waals surface area (Å²) in [4.78, 5) is 23.6. The van der Waals surface area contributed by atoms with Crippen LogP contribution < -0.4 is 5.56 Å². The quantitative estimate of drug-likeness (QED) is 0.799. The number of fused-ring (bicyclic) bond motifs is 1. The van der Waals surface area contributed by atoms with Crippen LogP contribution in [-0.2, 0) is 13.0 Å². The largest absolute Gasteiger partial charge is 0.478 e. The average Bonchev–Trinajstić information content (AvgIpc) is 2.58. The van der Waals surface area contributed by atoms with E-state index in [0.717, 1.165) is 5.56 Å². The summed E-state index contributed by atoms with van der Waals surface area (Å²) in [5, 5.41) is 9.90. The van der Waals surface area contributed by atoms with E-state index in [1.54, 1.807) is 30.3 Å². The fraction of sp³-hybridized carbons (Fsp3) is 0.158. The molecule has 0 bridgehead atoms. The number of benzene rings is 2. The van der Waals surface area contributed by atoms with Crippen LogP contribution >= 0.6 is 0 Å². The third kappa shape index (κ3) is 2.80. The molecule has 0 aliphatic rings. The van der Waals surface area contributed by atoms with Crippen LogP contribution in [0.25, 0.3) is 10.9 Å². The fourth-order valence-electron chi connectivity index (χ4n) is 2.88. The molecule has 2 aromatic carbocycles. The van der Waals surface area contributed by atoms with E-state index in [1.165, 1.54) is 22.8 Å². The van der Waals surface area contributed by atoms with Gasteiger partial charge in [-0.25, -0.2) is 9.18 Å². The van der Waals surface area contributed by atoms with Crippen LogP contribution in [0.5, 0.6) is 0 Å². The van der Waals surface area contributed by atoms with Crippen molar-refractivity contribution in [2.75, 3.05) is 0 Å². The number of rotatable bonds is 4. The Balaban J connectivity index is 2.27. The molecule has 4 nitrogen and oxygen atoms in total. The molecule has 3 rings (SSSR count). The molecule has 122 valence electrons. The molecule has 1 aromatic heterocycles. The highest BCUT2D eigenvalue weighted by molar-refractivity contribution is 5.95. The van der Waals surface area contributed by atoms with Gasteiger partial charge in [-0.2, -0.15) is 0 Å². The minimum atomic E-state index is -1.02. The summed E-state index contributed by atoms with van der Waals surface area (Å²) in [7, 11) is 0. The number of hydrogen-bond acceptors (Lipinski definition) is 2. The van der Waals surface area contributed by atoms with Crippen LogP contribution in [0, 0.1) is 5.82 Å². The number of hydrogen-bond donors (Lipinski definition) is 1. The predicted molar refractivity (Wildman–Crippen MR) is 90.0 cm³/mol. The van der Waals surface area contributed by atoms with Gasteiger partial charge < -0.3 is 9.67 Å². The number of nitrogens with zero attached hydrogens (tertiary/aromatic N) is 1. The lowest BCUT2D eigenvalue weighted by molar-refractivity contribution is 0.0697. The highest BCUT2D eigenvalue weighted by Gasteiger charge is 2.13. The molecule has 0 saturated carbocycles. The van der Waals surface area contributed by atoms with Gasteiger partial charge in [0.1, 0.15) is 5.82 Å². The van der Waals surface area contributed by atoms with Crippen molar-refractivity contribution in [1.29, 1.82) is 0 Å². The van der Waals surface area contributed by atoms with Crippen LogP contribution in [0.4, 0.5) is 4.39 Å². The molecule has 1 heterocycles. The topological polar surface area (TPSA) is 59.3 Å². The Hall–Kier alpha value is -2.95. The van der Waals surface area contributed by atoms with Crippen molar-refractivity contribution in [3.8, 4) is 0 Å². The monoisotopic (exact) mass is 325 g/mol. The zero-order valence-corrected chi connectivity index (χ0v) is 13.1. The van der Waals surface area contributed by atoms with Crippen molar-refractivity contribution >= 4 is 16.9 Å². The molecule has 1 N–H and O–H groups in total. The van der Waals surface area contributed by atoms with Gasteiger partial charge in [0, 0.05) is 11.6 Å². The van der Waals surface area contributed by atoms with Gasteiger partial charge in [-0.3, -0.25) is 4.79 Å². The molecule has 0 radical (unpaired) electrons. The first-order valence-corrected chi connectivity index (χ1v) is 7.64. The van der Waals surface area contributed by atoms with E-state index in [4.69, 9.17) is 0 Å². The van der Waals surface area contributed by atoms with Gasteiger partial charge >= 0.3 is 5.97 Å². The summed E-state index contributed by atoms with van der Waals surface area (Å²) in [6.45, 7) is 1.99. The third-order valence-corrected chi connectivity index (χ3v) is 4.07. The second-order valence-corrected chi connectivity index (χ2v) is 5.58. The van der Waals surface area contributed by atoms with Crippen molar-refractivity contribution in [3.05, 3.63) is 81.4 Å². The zero-order valence-electron chi connectivity index (χ0n) is 13.1. The molecule has 0 fully saturated rings. The van der Waals surface area contributed by atoms with Crippen molar-refractivity contribution in [3.63, 3.8) is 0 Å². The summed E-state index contributed by atoms with van der Waals surface area (Å²) in [6.07, 6.45) is 0.568. The number of carboxylic acids is 1. The van der Waals surface area contributed by atoms with E-state index >= 15 is 0 Å². The van der Waals surface area contributed by atoms with Crippen LogP contribution in [0.1, 0.15) is 28.4 Å². The molecule has 3 aromatic rings. The maximum absolute atomic E-state index is 14.0. The van der Waals surface area contributed by atoms with Gasteiger partial charge in [0.25, 0.3) is 5.56 Å². The maximum atomic E-state index is 14.0. The molecular formula is C19H16FNO3. The number of pyridine rings is 1. The average molecular weight is 325 g/mol. The Kier molecular flexibility index (Phi) is 4.16. The summed E-state index contributed by atoms with van der Waals surface area (Å²) in [5.41, 5.74) is 1.74. The van der Waals surface area contributed by atoms with Crippen molar-refractivity contribution in [2.45, 2.75) is 19.9 Å². The number of carbonyl (C=O) groups is 1. The van der Waals surface area contributed by atoms with Gasteiger partial charge in [0.2, 0.25) is 0 Å². The van der Waals surface area contributed by atoms with E-state index in [0.29, 0.717) is 22.9 Å². The first kappa shape index (κ1) is 15.9. The second-order valence-electron chi connectivity index (χ2n) is 5.58. The summed E-state index contributed by atoms with van der Waals surface area (Å²) >= 11 is 0. The summed E-state index contributed by atoms with van der Waals surface area (Å²) in [6, 6.07) is 12.4. The minimum Gasteiger partial charge on any atom is -0.478 e. The molecule has 0 aliphatic carbocycles. The molecule has 0 aliphatic heterocycles. The van der Waals surface area contributed by atoms with E-state index in [-0.39, 0.29) is 23.5 Å². The maximum Gasteiger partial charge on any atom is 0.335 e. The summed E-state index contributed by atoms with van der Waals surface area (Å²) < 4.78 is 15.5. The lowest BCUT2D eigenvalue weighted by Gasteiger charge is -2.15. The van der Waals surface area contributed by atoms with E-state index in [1.807, 2.05) is 6.92 Å². The van der Waals surface area contributed by atoms with Crippen LogP contribution in [0.3, 0.4) is 0 Å². The van der Waals surface area contributed by atoms with Crippen molar-refractivity contribution in [1.82, 2.24) is 4.57 Å². The molecule has 24 heavy (non-hydrogen) atoms. The van der Waals surface area contributed by atoms with Gasteiger partial charge in [-0.1, -0.05) is 25.1 Å². The highest BCUT2D eigenvalue weighted by Crippen LogP contribution is 2.22. The fourth-order valence-corrected chi connectivity index (χ4v) is 2.88. The Labute approximate surface area is 137 Å². The molecule has 0 amide bonds. The number of halogens is 1. The lowest BCUT2D eigenvalue weighted by atomic mass is 10.0. The molecule has 5 heteroatoms. The zero-order chi connectivity index (χ0) is 17.3. The number of aryl methyl sites for hydroxylation is 1. The summed E-state index contributed by atoms with van der Waals surface area (Å²) in [5.74, 6) is -1.39. The number of aromatic carboxylic acids is 1. The molecule has 0 saturated heterocycles. The number of carboxylic acid groups (broad SMARTS) is 1. The molecular weight excluding hydrogens is 309 g/mol. The molecule has 0 spiro atoms.